The Labute approximate surface area is 171 Å². The largest absolute Gasteiger partial charge is 0.573 e. The van der Waals surface area contributed by atoms with E-state index in [0.29, 0.717) is 22.7 Å². The van der Waals surface area contributed by atoms with Crippen molar-refractivity contribution in [2.24, 2.45) is 0 Å². The van der Waals surface area contributed by atoms with E-state index in [4.69, 9.17) is 0 Å². The van der Waals surface area contributed by atoms with Gasteiger partial charge >= 0.3 is 6.36 Å². The first-order valence-electron chi connectivity index (χ1n) is 9.74. The molecule has 0 aliphatic carbocycles. The molecule has 3 heterocycles. The zero-order chi connectivity index (χ0) is 21.5. The number of anilines is 1. The van der Waals surface area contributed by atoms with E-state index in [1.807, 2.05) is 6.92 Å². The minimum Gasteiger partial charge on any atom is -0.405 e. The zero-order valence-corrected chi connectivity index (χ0v) is 17.0. The first-order chi connectivity index (χ1) is 14.2. The van der Waals surface area contributed by atoms with E-state index in [2.05, 4.69) is 37.3 Å². The van der Waals surface area contributed by atoms with Crippen LogP contribution in [0.25, 0.3) is 16.8 Å². The lowest BCUT2D eigenvalue weighted by atomic mass is 10.1. The Morgan fingerprint density at radius 2 is 1.97 bits per heavy atom. The number of hydrogen-bond acceptors (Lipinski definition) is 6. The first-order valence-corrected chi connectivity index (χ1v) is 9.74. The van der Waals surface area contributed by atoms with Crippen LogP contribution in [0.3, 0.4) is 0 Å². The van der Waals surface area contributed by atoms with Gasteiger partial charge in [-0.25, -0.2) is 0 Å². The smallest absolute Gasteiger partial charge is 0.405 e. The molecular weight excluding hydrogens is 397 g/mol. The summed E-state index contributed by atoms with van der Waals surface area (Å²) in [6.45, 7) is 5.43. The number of alkyl halides is 3. The number of fused-ring (bicyclic) bond motifs is 1. The highest BCUT2D eigenvalue weighted by molar-refractivity contribution is 5.81. The maximum absolute atomic E-state index is 13.0. The summed E-state index contributed by atoms with van der Waals surface area (Å²) in [6.07, 6.45) is -2.74. The van der Waals surface area contributed by atoms with Gasteiger partial charge in [0.2, 0.25) is 5.95 Å². The Bertz CT molecular complexity index is 1060. The average Bonchev–Trinajstić information content (AvgIpc) is 3.03. The van der Waals surface area contributed by atoms with Crippen LogP contribution < -0.4 is 10.1 Å². The standard InChI is InChI=1S/C20H23F3N6O/c1-12-6-7-15(17(9-12)30-20(21,22)23)18-16-10-13(2)27-29(16)19(26-25-18)24-14-5-4-8-28(3)11-14/h6-7,9-10,14H,4-5,8,11H2,1-3H3,(H,24,26)/t14-/m1/s1. The van der Waals surface area contributed by atoms with Crippen LogP contribution in [0.5, 0.6) is 5.75 Å². The summed E-state index contributed by atoms with van der Waals surface area (Å²) in [4.78, 5) is 2.24. The van der Waals surface area contributed by atoms with Gasteiger partial charge in [0.05, 0.1) is 11.2 Å². The van der Waals surface area contributed by atoms with Crippen LogP contribution in [0.4, 0.5) is 19.1 Å². The third-order valence-electron chi connectivity index (χ3n) is 5.10. The van der Waals surface area contributed by atoms with Crippen LogP contribution in [0.2, 0.25) is 0 Å². The first kappa shape index (κ1) is 20.4. The Morgan fingerprint density at radius 3 is 2.70 bits per heavy atom. The minimum atomic E-state index is -4.81. The zero-order valence-electron chi connectivity index (χ0n) is 17.0. The lowest BCUT2D eigenvalue weighted by molar-refractivity contribution is -0.274. The Kier molecular flexibility index (Phi) is 5.27. The maximum atomic E-state index is 13.0. The quantitative estimate of drug-likeness (QED) is 0.692. The van der Waals surface area contributed by atoms with Gasteiger partial charge in [-0.15, -0.1) is 23.4 Å². The fourth-order valence-corrected chi connectivity index (χ4v) is 3.80. The average molecular weight is 420 g/mol. The molecular formula is C20H23F3N6O. The van der Waals surface area contributed by atoms with Gasteiger partial charge in [0.15, 0.2) is 0 Å². The molecule has 4 rings (SSSR count). The van der Waals surface area contributed by atoms with Crippen LogP contribution >= 0.6 is 0 Å². The SMILES string of the molecule is Cc1ccc(-c2nnc(N[C@@H]3CCCN(C)C3)n3nc(C)cc23)c(OC(F)(F)F)c1. The van der Waals surface area contributed by atoms with Gasteiger partial charge in [0.25, 0.3) is 0 Å². The van der Waals surface area contributed by atoms with E-state index in [9.17, 15) is 13.2 Å². The molecule has 2 aromatic heterocycles. The van der Waals surface area contributed by atoms with Gasteiger partial charge in [-0.3, -0.25) is 0 Å². The molecule has 0 unspecified atom stereocenters. The van der Waals surface area contributed by atoms with Gasteiger partial charge in [0, 0.05) is 18.2 Å². The molecule has 0 saturated carbocycles. The summed E-state index contributed by atoms with van der Waals surface area (Å²) in [7, 11) is 2.07. The van der Waals surface area contributed by atoms with Crippen molar-refractivity contribution in [1.82, 2.24) is 24.7 Å². The van der Waals surface area contributed by atoms with Gasteiger partial charge in [-0.05, 0) is 64.0 Å². The summed E-state index contributed by atoms with van der Waals surface area (Å²) in [5.74, 6) is 0.153. The predicted octanol–water partition coefficient (Wildman–Crippen LogP) is 3.81. The molecule has 160 valence electrons. The van der Waals surface area contributed by atoms with Crippen LogP contribution in [-0.2, 0) is 0 Å². The second-order valence-electron chi connectivity index (χ2n) is 7.75. The molecule has 0 radical (unpaired) electrons. The van der Waals surface area contributed by atoms with Crippen LogP contribution in [-0.4, -0.2) is 57.3 Å². The molecule has 0 amide bonds. The third-order valence-corrected chi connectivity index (χ3v) is 5.10. The number of hydrogen-bond donors (Lipinski definition) is 1. The van der Waals surface area contributed by atoms with Crippen molar-refractivity contribution < 1.29 is 17.9 Å². The summed E-state index contributed by atoms with van der Waals surface area (Å²) in [5.41, 5.74) is 2.40. The lowest BCUT2D eigenvalue weighted by Gasteiger charge is -2.30. The van der Waals surface area contributed by atoms with Gasteiger partial charge in [0.1, 0.15) is 11.4 Å². The van der Waals surface area contributed by atoms with Crippen molar-refractivity contribution in [2.75, 3.05) is 25.5 Å². The van der Waals surface area contributed by atoms with E-state index < -0.39 is 6.36 Å². The molecule has 1 fully saturated rings. The lowest BCUT2D eigenvalue weighted by Crippen LogP contribution is -2.40. The molecule has 0 bridgehead atoms. The molecule has 10 heteroatoms. The van der Waals surface area contributed by atoms with Crippen molar-refractivity contribution in [3.05, 3.63) is 35.5 Å². The molecule has 0 spiro atoms. The van der Waals surface area contributed by atoms with E-state index in [0.717, 1.165) is 25.9 Å². The number of likely N-dealkylation sites (N-methyl/N-ethyl adjacent to an activating group) is 1. The van der Waals surface area contributed by atoms with Crippen LogP contribution in [0.1, 0.15) is 24.1 Å². The van der Waals surface area contributed by atoms with Crippen LogP contribution in [0.15, 0.2) is 24.3 Å². The number of halogens is 3. The number of rotatable bonds is 4. The fourth-order valence-electron chi connectivity index (χ4n) is 3.80. The van der Waals surface area contributed by atoms with E-state index >= 15 is 0 Å². The summed E-state index contributed by atoms with van der Waals surface area (Å²) in [6, 6.07) is 6.59. The summed E-state index contributed by atoms with van der Waals surface area (Å²) in [5, 5.41) is 16.4. The number of likely N-dealkylation sites (tertiary alicyclic amines) is 1. The Balaban J connectivity index is 1.77. The molecule has 1 aliphatic rings. The third kappa shape index (κ3) is 4.33. The Morgan fingerprint density at radius 1 is 1.17 bits per heavy atom. The number of aryl methyl sites for hydroxylation is 2. The molecule has 1 aliphatic heterocycles. The number of ether oxygens (including phenoxy) is 1. The number of benzene rings is 1. The Hall–Kier alpha value is -2.88. The van der Waals surface area contributed by atoms with Gasteiger partial charge in [-0.1, -0.05) is 6.07 Å². The van der Waals surface area contributed by atoms with Crippen LogP contribution in [0, 0.1) is 13.8 Å². The van der Waals surface area contributed by atoms with Crippen molar-refractivity contribution in [3.63, 3.8) is 0 Å². The second kappa shape index (κ2) is 7.75. The summed E-state index contributed by atoms with van der Waals surface area (Å²) >= 11 is 0. The van der Waals surface area contributed by atoms with Crippen molar-refractivity contribution in [2.45, 2.75) is 39.1 Å². The van der Waals surface area contributed by atoms with E-state index in [1.165, 1.54) is 6.07 Å². The highest BCUT2D eigenvalue weighted by Crippen LogP contribution is 2.36. The minimum absolute atomic E-state index is 0.195. The number of piperidine rings is 1. The monoisotopic (exact) mass is 420 g/mol. The molecule has 3 aromatic rings. The molecule has 1 saturated heterocycles. The van der Waals surface area contributed by atoms with Gasteiger partial charge < -0.3 is 15.0 Å². The highest BCUT2D eigenvalue weighted by Gasteiger charge is 2.33. The van der Waals surface area contributed by atoms with Gasteiger partial charge in [-0.2, -0.15) is 9.61 Å². The molecule has 7 nitrogen and oxygen atoms in total. The van der Waals surface area contributed by atoms with Crippen molar-refractivity contribution >= 4 is 11.5 Å². The van der Waals surface area contributed by atoms with Crippen molar-refractivity contribution in [1.29, 1.82) is 0 Å². The summed E-state index contributed by atoms with van der Waals surface area (Å²) < 4.78 is 44.7. The van der Waals surface area contributed by atoms with E-state index in [1.54, 1.807) is 29.6 Å². The molecule has 1 atom stereocenters. The normalized spacial score (nSPS) is 18.0. The number of aromatic nitrogens is 4. The van der Waals surface area contributed by atoms with E-state index in [-0.39, 0.29) is 23.0 Å². The van der Waals surface area contributed by atoms with Crippen molar-refractivity contribution in [3.8, 4) is 17.0 Å². The fraction of sp³-hybridized carbons (Fsp3) is 0.450. The molecule has 1 aromatic carbocycles. The number of nitrogens with zero attached hydrogens (tertiary/aromatic N) is 5. The highest BCUT2D eigenvalue weighted by atomic mass is 19.4. The second-order valence-corrected chi connectivity index (χ2v) is 7.75. The molecule has 1 N–H and O–H groups in total. The molecule has 30 heavy (non-hydrogen) atoms. The predicted molar refractivity (Wildman–Crippen MR) is 107 cm³/mol. The number of nitrogens with one attached hydrogen (secondary N) is 1. The maximum Gasteiger partial charge on any atom is 0.573 e. The topological polar surface area (TPSA) is 67.6 Å².